The molecule has 2 aliphatic rings. The molecule has 1 saturated carbocycles. The van der Waals surface area contributed by atoms with E-state index < -0.39 is 0 Å². The predicted octanol–water partition coefficient (Wildman–Crippen LogP) is 2.52. The molecule has 1 nitrogen and oxygen atoms in total. The second kappa shape index (κ2) is 2.73. The van der Waals surface area contributed by atoms with Gasteiger partial charge in [0.05, 0.1) is 0 Å². The van der Waals surface area contributed by atoms with Crippen LogP contribution in [0.1, 0.15) is 40.0 Å². The molecule has 0 N–H and O–H groups in total. The summed E-state index contributed by atoms with van der Waals surface area (Å²) in [6, 6.07) is 0.976. The number of likely N-dealkylation sites (tertiary alicyclic amines) is 1. The number of nitrogens with zero attached hydrogens (tertiary/aromatic N) is 1. The molecule has 0 spiro atoms. The van der Waals surface area contributed by atoms with E-state index in [-0.39, 0.29) is 0 Å². The van der Waals surface area contributed by atoms with Crippen molar-refractivity contribution >= 4 is 0 Å². The molecule has 0 bridgehead atoms. The summed E-state index contributed by atoms with van der Waals surface area (Å²) in [5.41, 5.74) is 0.542. The van der Waals surface area contributed by atoms with E-state index >= 15 is 0 Å². The van der Waals surface area contributed by atoms with Gasteiger partial charge < -0.3 is 0 Å². The summed E-state index contributed by atoms with van der Waals surface area (Å²) in [5.74, 6) is 0.957. The molecule has 70 valence electrons. The SMILES string of the molecule is CC(C)(C)C1CN(C2CCC2)C1. The molecule has 1 heteroatoms. The van der Waals surface area contributed by atoms with E-state index in [2.05, 4.69) is 25.7 Å². The van der Waals surface area contributed by atoms with E-state index in [1.807, 2.05) is 0 Å². The number of hydrogen-bond acceptors (Lipinski definition) is 1. The third-order valence-corrected chi connectivity index (χ3v) is 3.73. The minimum Gasteiger partial charge on any atom is -0.300 e. The molecule has 1 saturated heterocycles. The lowest BCUT2D eigenvalue weighted by Gasteiger charge is -2.52. The summed E-state index contributed by atoms with van der Waals surface area (Å²) in [7, 11) is 0. The molecular formula is C11H21N. The first-order chi connectivity index (χ1) is 5.57. The first kappa shape index (κ1) is 8.55. The first-order valence-electron chi connectivity index (χ1n) is 5.31. The molecule has 0 aromatic heterocycles. The lowest BCUT2D eigenvalue weighted by molar-refractivity contribution is -0.0302. The van der Waals surface area contributed by atoms with Crippen LogP contribution in [0.4, 0.5) is 0 Å². The van der Waals surface area contributed by atoms with Crippen LogP contribution in [-0.4, -0.2) is 24.0 Å². The summed E-state index contributed by atoms with van der Waals surface area (Å²) < 4.78 is 0. The second-order valence-electron chi connectivity index (χ2n) is 5.60. The Hall–Kier alpha value is -0.0400. The monoisotopic (exact) mass is 167 g/mol. The van der Waals surface area contributed by atoms with Gasteiger partial charge in [0.2, 0.25) is 0 Å². The van der Waals surface area contributed by atoms with Gasteiger partial charge in [-0.1, -0.05) is 27.2 Å². The fourth-order valence-electron chi connectivity index (χ4n) is 2.11. The van der Waals surface area contributed by atoms with Crippen LogP contribution in [0.3, 0.4) is 0 Å². The molecule has 0 amide bonds. The smallest absolute Gasteiger partial charge is 0.00955 e. The van der Waals surface area contributed by atoms with Crippen molar-refractivity contribution in [3.63, 3.8) is 0 Å². The van der Waals surface area contributed by atoms with Crippen molar-refractivity contribution in [3.8, 4) is 0 Å². The van der Waals surface area contributed by atoms with Gasteiger partial charge in [-0.25, -0.2) is 0 Å². The van der Waals surface area contributed by atoms with Crippen LogP contribution in [0.2, 0.25) is 0 Å². The van der Waals surface area contributed by atoms with Gasteiger partial charge in [0.1, 0.15) is 0 Å². The zero-order valence-corrected chi connectivity index (χ0v) is 8.64. The van der Waals surface area contributed by atoms with Crippen LogP contribution >= 0.6 is 0 Å². The Morgan fingerprint density at radius 2 is 1.67 bits per heavy atom. The molecule has 2 rings (SSSR count). The Labute approximate surface area is 76.1 Å². The van der Waals surface area contributed by atoms with E-state index in [0.717, 1.165) is 12.0 Å². The molecule has 0 aromatic carbocycles. The molecule has 0 unspecified atom stereocenters. The second-order valence-corrected chi connectivity index (χ2v) is 5.60. The quantitative estimate of drug-likeness (QED) is 0.580. The topological polar surface area (TPSA) is 3.24 Å². The average molecular weight is 167 g/mol. The van der Waals surface area contributed by atoms with Crippen LogP contribution in [0.15, 0.2) is 0 Å². The zero-order valence-electron chi connectivity index (χ0n) is 8.64. The van der Waals surface area contributed by atoms with E-state index in [1.54, 1.807) is 0 Å². The fourth-order valence-corrected chi connectivity index (χ4v) is 2.11. The van der Waals surface area contributed by atoms with E-state index in [1.165, 1.54) is 32.4 Å². The summed E-state index contributed by atoms with van der Waals surface area (Å²) in [4.78, 5) is 2.68. The van der Waals surface area contributed by atoms with Crippen LogP contribution in [0.5, 0.6) is 0 Å². The summed E-state index contributed by atoms with van der Waals surface area (Å²) >= 11 is 0. The van der Waals surface area contributed by atoms with Crippen molar-refractivity contribution in [2.75, 3.05) is 13.1 Å². The highest BCUT2D eigenvalue weighted by molar-refractivity contribution is 4.93. The zero-order chi connectivity index (χ0) is 8.77. The highest BCUT2D eigenvalue weighted by Crippen LogP contribution is 2.38. The van der Waals surface area contributed by atoms with Gasteiger partial charge in [-0.2, -0.15) is 0 Å². The molecule has 1 aliphatic carbocycles. The fraction of sp³-hybridized carbons (Fsp3) is 1.00. The Bertz CT molecular complexity index is 158. The molecule has 1 heterocycles. The predicted molar refractivity (Wildman–Crippen MR) is 52.2 cm³/mol. The van der Waals surface area contributed by atoms with Gasteiger partial charge in [-0.05, 0) is 24.2 Å². The van der Waals surface area contributed by atoms with Gasteiger partial charge >= 0.3 is 0 Å². The largest absolute Gasteiger partial charge is 0.300 e. The highest BCUT2D eigenvalue weighted by Gasteiger charge is 2.40. The van der Waals surface area contributed by atoms with Gasteiger partial charge in [0, 0.05) is 19.1 Å². The average Bonchev–Trinajstić information content (AvgIpc) is 1.67. The molecule has 0 radical (unpaired) electrons. The van der Waals surface area contributed by atoms with Crippen molar-refractivity contribution in [2.45, 2.75) is 46.1 Å². The minimum atomic E-state index is 0.542. The van der Waals surface area contributed by atoms with E-state index in [9.17, 15) is 0 Å². The normalized spacial score (nSPS) is 28.2. The summed E-state index contributed by atoms with van der Waals surface area (Å²) in [6.07, 6.45) is 4.41. The van der Waals surface area contributed by atoms with Crippen LogP contribution < -0.4 is 0 Å². The number of rotatable bonds is 1. The van der Waals surface area contributed by atoms with Gasteiger partial charge in [-0.3, -0.25) is 4.90 Å². The van der Waals surface area contributed by atoms with Gasteiger partial charge in [0.15, 0.2) is 0 Å². The lowest BCUT2D eigenvalue weighted by Crippen LogP contribution is -2.57. The van der Waals surface area contributed by atoms with Crippen molar-refractivity contribution in [1.29, 1.82) is 0 Å². The molecule has 1 aliphatic heterocycles. The van der Waals surface area contributed by atoms with E-state index in [4.69, 9.17) is 0 Å². The summed E-state index contributed by atoms with van der Waals surface area (Å²) in [5, 5.41) is 0. The maximum atomic E-state index is 2.68. The molecular weight excluding hydrogens is 146 g/mol. The third-order valence-electron chi connectivity index (χ3n) is 3.73. The first-order valence-corrected chi connectivity index (χ1v) is 5.31. The maximum absolute atomic E-state index is 2.68. The molecule has 0 aromatic rings. The van der Waals surface area contributed by atoms with Crippen LogP contribution in [0, 0.1) is 11.3 Å². The Morgan fingerprint density at radius 1 is 1.08 bits per heavy atom. The standard InChI is InChI=1S/C11H21N/c1-11(2,3)9-7-12(8-9)10-5-4-6-10/h9-10H,4-8H2,1-3H3. The number of hydrogen-bond donors (Lipinski definition) is 0. The minimum absolute atomic E-state index is 0.542. The Morgan fingerprint density at radius 3 is 2.00 bits per heavy atom. The van der Waals surface area contributed by atoms with Crippen molar-refractivity contribution < 1.29 is 0 Å². The molecule has 2 fully saturated rings. The van der Waals surface area contributed by atoms with Crippen LogP contribution in [-0.2, 0) is 0 Å². The van der Waals surface area contributed by atoms with Crippen molar-refractivity contribution in [1.82, 2.24) is 4.90 Å². The van der Waals surface area contributed by atoms with Gasteiger partial charge in [-0.15, -0.1) is 0 Å². The summed E-state index contributed by atoms with van der Waals surface area (Å²) in [6.45, 7) is 9.85. The van der Waals surface area contributed by atoms with Crippen molar-refractivity contribution in [3.05, 3.63) is 0 Å². The Kier molecular flexibility index (Phi) is 1.95. The maximum Gasteiger partial charge on any atom is 0.00955 e. The third kappa shape index (κ3) is 1.39. The van der Waals surface area contributed by atoms with Gasteiger partial charge in [0.25, 0.3) is 0 Å². The highest BCUT2D eigenvalue weighted by atomic mass is 15.2. The van der Waals surface area contributed by atoms with Crippen LogP contribution in [0.25, 0.3) is 0 Å². The lowest BCUT2D eigenvalue weighted by atomic mass is 9.74. The van der Waals surface area contributed by atoms with Crippen molar-refractivity contribution in [2.24, 2.45) is 11.3 Å². The molecule has 0 atom stereocenters. The Balaban J connectivity index is 1.76. The molecule has 12 heavy (non-hydrogen) atoms. The van der Waals surface area contributed by atoms with E-state index in [0.29, 0.717) is 5.41 Å².